The number of hydrogen-bond donors (Lipinski definition) is 1. The standard InChI is InChI=1S/C16H23NO3S/c1-12(18)15-6-8-16(9-7-15)21(19,20)17(10-13-2-3-13)11-14-4-5-14/h6-9,12-14,18H,2-5,10-11H2,1H3. The van der Waals surface area contributed by atoms with Crippen LogP contribution >= 0.6 is 0 Å². The highest BCUT2D eigenvalue weighted by atomic mass is 32.2. The lowest BCUT2D eigenvalue weighted by molar-refractivity contribution is 0.199. The summed E-state index contributed by atoms with van der Waals surface area (Å²) in [5, 5.41) is 9.52. The normalized spacial score (nSPS) is 20.7. The molecule has 0 aromatic heterocycles. The van der Waals surface area contributed by atoms with Crippen molar-refractivity contribution < 1.29 is 13.5 Å². The Kier molecular flexibility index (Phi) is 4.08. The van der Waals surface area contributed by atoms with Crippen molar-refractivity contribution in [2.45, 2.75) is 43.6 Å². The second-order valence-electron chi connectivity index (χ2n) is 6.45. The van der Waals surface area contributed by atoms with Crippen molar-refractivity contribution in [1.29, 1.82) is 0 Å². The van der Waals surface area contributed by atoms with E-state index in [9.17, 15) is 13.5 Å². The summed E-state index contributed by atoms with van der Waals surface area (Å²) in [6, 6.07) is 6.63. The van der Waals surface area contributed by atoms with E-state index in [-0.39, 0.29) is 0 Å². The summed E-state index contributed by atoms with van der Waals surface area (Å²) in [4.78, 5) is 0.341. The van der Waals surface area contributed by atoms with E-state index in [1.807, 2.05) is 0 Å². The van der Waals surface area contributed by atoms with Crippen LogP contribution in [0.4, 0.5) is 0 Å². The van der Waals surface area contributed by atoms with Gasteiger partial charge in [-0.3, -0.25) is 0 Å². The van der Waals surface area contributed by atoms with E-state index in [0.29, 0.717) is 29.8 Å². The molecule has 2 aliphatic carbocycles. The highest BCUT2D eigenvalue weighted by molar-refractivity contribution is 7.89. The third-order valence-corrected chi connectivity index (χ3v) is 6.16. The molecule has 0 radical (unpaired) electrons. The number of nitrogens with zero attached hydrogens (tertiary/aromatic N) is 1. The Morgan fingerprint density at radius 2 is 1.57 bits per heavy atom. The molecule has 0 amide bonds. The van der Waals surface area contributed by atoms with Gasteiger partial charge in [0.05, 0.1) is 11.0 Å². The number of sulfonamides is 1. The maximum absolute atomic E-state index is 12.8. The average molecular weight is 309 g/mol. The van der Waals surface area contributed by atoms with Crippen LogP contribution in [-0.4, -0.2) is 30.9 Å². The molecule has 2 saturated carbocycles. The second-order valence-corrected chi connectivity index (χ2v) is 8.39. The van der Waals surface area contributed by atoms with Crippen molar-refractivity contribution in [3.63, 3.8) is 0 Å². The predicted octanol–water partition coefficient (Wildman–Crippen LogP) is 2.55. The van der Waals surface area contributed by atoms with Gasteiger partial charge in [-0.05, 0) is 62.1 Å². The van der Waals surface area contributed by atoms with Crippen LogP contribution in [0.1, 0.15) is 44.3 Å². The van der Waals surface area contributed by atoms with E-state index in [4.69, 9.17) is 0 Å². The highest BCUT2D eigenvalue weighted by Gasteiger charge is 2.35. The van der Waals surface area contributed by atoms with Gasteiger partial charge in [0, 0.05) is 13.1 Å². The molecule has 0 aliphatic heterocycles. The topological polar surface area (TPSA) is 57.6 Å². The third kappa shape index (κ3) is 3.65. The van der Waals surface area contributed by atoms with Crippen molar-refractivity contribution in [3.05, 3.63) is 29.8 Å². The van der Waals surface area contributed by atoms with Crippen LogP contribution in [0.5, 0.6) is 0 Å². The van der Waals surface area contributed by atoms with Gasteiger partial charge < -0.3 is 5.11 Å². The van der Waals surface area contributed by atoms with Crippen molar-refractivity contribution in [2.75, 3.05) is 13.1 Å². The summed E-state index contributed by atoms with van der Waals surface area (Å²) in [6.45, 7) is 3.00. The molecule has 0 bridgehead atoms. The Balaban J connectivity index is 1.80. The minimum Gasteiger partial charge on any atom is -0.389 e. The van der Waals surface area contributed by atoms with Gasteiger partial charge in [0.25, 0.3) is 0 Å². The molecular weight excluding hydrogens is 286 g/mol. The van der Waals surface area contributed by atoms with Gasteiger partial charge in [0.1, 0.15) is 0 Å². The highest BCUT2D eigenvalue weighted by Crippen LogP contribution is 2.36. The van der Waals surface area contributed by atoms with E-state index >= 15 is 0 Å². The lowest BCUT2D eigenvalue weighted by Gasteiger charge is -2.22. The Bertz CT molecular complexity index is 572. The van der Waals surface area contributed by atoms with Crippen LogP contribution in [0.25, 0.3) is 0 Å². The monoisotopic (exact) mass is 309 g/mol. The van der Waals surface area contributed by atoms with Gasteiger partial charge >= 0.3 is 0 Å². The maximum atomic E-state index is 12.8. The fourth-order valence-corrected chi connectivity index (χ4v) is 4.11. The van der Waals surface area contributed by atoms with E-state index < -0.39 is 16.1 Å². The second kappa shape index (κ2) is 5.71. The predicted molar refractivity (Wildman–Crippen MR) is 81.3 cm³/mol. The van der Waals surface area contributed by atoms with Crippen LogP contribution in [0.2, 0.25) is 0 Å². The number of hydrogen-bond acceptors (Lipinski definition) is 3. The van der Waals surface area contributed by atoms with Crippen LogP contribution < -0.4 is 0 Å². The van der Waals surface area contributed by atoms with E-state index in [2.05, 4.69) is 0 Å². The summed E-state index contributed by atoms with van der Waals surface area (Å²) >= 11 is 0. The number of aliphatic hydroxyl groups is 1. The minimum absolute atomic E-state index is 0.341. The summed E-state index contributed by atoms with van der Waals surface area (Å²) in [5.41, 5.74) is 0.741. The van der Waals surface area contributed by atoms with Crippen molar-refractivity contribution in [3.8, 4) is 0 Å². The Hall–Kier alpha value is -0.910. The summed E-state index contributed by atoms with van der Waals surface area (Å²) < 4.78 is 27.3. The molecule has 3 rings (SSSR count). The quantitative estimate of drug-likeness (QED) is 0.842. The first-order chi connectivity index (χ1) is 9.96. The molecule has 5 heteroatoms. The summed E-state index contributed by atoms with van der Waals surface area (Å²) in [6.07, 6.45) is 4.03. The molecule has 21 heavy (non-hydrogen) atoms. The Labute approximate surface area is 126 Å². The molecule has 1 atom stereocenters. The van der Waals surface area contributed by atoms with Gasteiger partial charge in [-0.1, -0.05) is 12.1 Å². The summed E-state index contributed by atoms with van der Waals surface area (Å²) in [7, 11) is -3.40. The molecule has 1 unspecified atom stereocenters. The zero-order chi connectivity index (χ0) is 15.0. The third-order valence-electron chi connectivity index (χ3n) is 4.32. The minimum atomic E-state index is -3.40. The first-order valence-corrected chi connectivity index (χ1v) is 9.19. The fourth-order valence-electron chi connectivity index (χ4n) is 2.51. The van der Waals surface area contributed by atoms with Crippen LogP contribution in [0, 0.1) is 11.8 Å². The summed E-state index contributed by atoms with van der Waals surface area (Å²) in [5.74, 6) is 1.10. The smallest absolute Gasteiger partial charge is 0.243 e. The number of rotatable bonds is 7. The Morgan fingerprint density at radius 1 is 1.10 bits per heavy atom. The fraction of sp³-hybridized carbons (Fsp3) is 0.625. The zero-order valence-electron chi connectivity index (χ0n) is 12.4. The molecule has 4 nitrogen and oxygen atoms in total. The number of aliphatic hydroxyl groups excluding tert-OH is 1. The van der Waals surface area contributed by atoms with Gasteiger partial charge in [0.2, 0.25) is 10.0 Å². The van der Waals surface area contributed by atoms with Gasteiger partial charge in [-0.2, -0.15) is 4.31 Å². The van der Waals surface area contributed by atoms with Gasteiger partial charge in [-0.15, -0.1) is 0 Å². The lowest BCUT2D eigenvalue weighted by Crippen LogP contribution is -2.34. The number of benzene rings is 1. The van der Waals surface area contributed by atoms with Gasteiger partial charge in [-0.25, -0.2) is 8.42 Å². The average Bonchev–Trinajstić information content (AvgIpc) is 3.33. The zero-order valence-corrected chi connectivity index (χ0v) is 13.2. The molecule has 2 aliphatic rings. The van der Waals surface area contributed by atoms with Crippen molar-refractivity contribution in [1.82, 2.24) is 4.31 Å². The van der Waals surface area contributed by atoms with E-state index in [1.54, 1.807) is 35.5 Å². The molecule has 2 fully saturated rings. The Morgan fingerprint density at radius 3 is 1.95 bits per heavy atom. The molecule has 0 heterocycles. The molecule has 0 spiro atoms. The van der Waals surface area contributed by atoms with Crippen LogP contribution in [0.15, 0.2) is 29.2 Å². The lowest BCUT2D eigenvalue weighted by atomic mass is 10.1. The molecule has 1 aromatic carbocycles. The van der Waals surface area contributed by atoms with E-state index in [1.165, 1.54) is 0 Å². The van der Waals surface area contributed by atoms with Gasteiger partial charge in [0.15, 0.2) is 0 Å². The molecular formula is C16H23NO3S. The van der Waals surface area contributed by atoms with Crippen molar-refractivity contribution in [2.24, 2.45) is 11.8 Å². The first-order valence-electron chi connectivity index (χ1n) is 7.75. The first kappa shape index (κ1) is 15.0. The van der Waals surface area contributed by atoms with Crippen molar-refractivity contribution >= 4 is 10.0 Å². The van der Waals surface area contributed by atoms with E-state index in [0.717, 1.165) is 31.2 Å². The largest absolute Gasteiger partial charge is 0.389 e. The molecule has 116 valence electrons. The molecule has 0 saturated heterocycles. The maximum Gasteiger partial charge on any atom is 0.243 e. The van der Waals surface area contributed by atoms with Crippen LogP contribution in [-0.2, 0) is 10.0 Å². The molecule has 1 aromatic rings. The van der Waals surface area contributed by atoms with Crippen LogP contribution in [0.3, 0.4) is 0 Å². The molecule has 1 N–H and O–H groups in total. The SMILES string of the molecule is CC(O)c1ccc(S(=O)(=O)N(CC2CC2)CC2CC2)cc1.